The van der Waals surface area contributed by atoms with Gasteiger partial charge in [-0.3, -0.25) is 9.59 Å². The highest BCUT2D eigenvalue weighted by Gasteiger charge is 2.55. The van der Waals surface area contributed by atoms with Gasteiger partial charge in [-0.05, 0) is 31.6 Å². The minimum Gasteiger partial charge on any atom is -0.476 e. The number of aromatic nitrogens is 2. The predicted molar refractivity (Wildman–Crippen MR) is 123 cm³/mol. The zero-order valence-electron chi connectivity index (χ0n) is 19.7. The van der Waals surface area contributed by atoms with Crippen molar-refractivity contribution >= 4 is 11.9 Å². The molecule has 8 heteroatoms. The molecule has 2 saturated carbocycles. The number of hydrogen-bond donors (Lipinski definition) is 2. The van der Waals surface area contributed by atoms with Crippen LogP contribution in [0.15, 0.2) is 17.2 Å². The second kappa shape index (κ2) is 9.57. The summed E-state index contributed by atoms with van der Waals surface area (Å²) < 4.78 is 1.28. The molecule has 1 amide bonds. The van der Waals surface area contributed by atoms with E-state index in [1.54, 1.807) is 0 Å². The van der Waals surface area contributed by atoms with E-state index in [0.29, 0.717) is 25.4 Å². The van der Waals surface area contributed by atoms with Crippen LogP contribution in [-0.4, -0.2) is 55.2 Å². The SMILES string of the molecule is C[C@H](CC1CCCCC1)C(=O)N1CCC(O)(Cn2cc(C(=O)O)ncc2=O)C2(CCCC2)C1. The summed E-state index contributed by atoms with van der Waals surface area (Å²) in [5, 5.41) is 21.1. The first-order chi connectivity index (χ1) is 15.7. The van der Waals surface area contributed by atoms with E-state index < -0.39 is 22.5 Å². The van der Waals surface area contributed by atoms with Crippen molar-refractivity contribution in [1.29, 1.82) is 0 Å². The van der Waals surface area contributed by atoms with Gasteiger partial charge in [-0.15, -0.1) is 0 Å². The van der Waals surface area contributed by atoms with Crippen LogP contribution in [0.25, 0.3) is 0 Å². The Bertz CT molecular complexity index is 932. The molecule has 1 saturated heterocycles. The van der Waals surface area contributed by atoms with Crippen LogP contribution >= 0.6 is 0 Å². The van der Waals surface area contributed by atoms with Crippen molar-refractivity contribution in [3.63, 3.8) is 0 Å². The lowest BCUT2D eigenvalue weighted by atomic mass is 9.65. The second-order valence-corrected chi connectivity index (χ2v) is 10.7. The maximum Gasteiger partial charge on any atom is 0.356 e. The monoisotopic (exact) mass is 459 g/mol. The number of aromatic carboxylic acids is 1. The number of piperidine rings is 1. The van der Waals surface area contributed by atoms with Crippen molar-refractivity contribution < 1.29 is 19.8 Å². The molecule has 0 radical (unpaired) electrons. The number of hydrogen-bond acceptors (Lipinski definition) is 5. The van der Waals surface area contributed by atoms with Crippen LogP contribution in [0.3, 0.4) is 0 Å². The standard InChI is InChI=1S/C25H37N3O5/c1-18(13-19-7-3-2-4-8-19)22(30)27-12-11-25(33,24(16-27)9-5-6-10-24)17-28-15-20(23(31)32)26-14-21(28)29/h14-15,18-19,33H,2-13,16-17H2,1H3,(H,31,32)/t18-,25?/m1/s1. The quantitative estimate of drug-likeness (QED) is 0.676. The number of amides is 1. The number of likely N-dealkylation sites (tertiary alicyclic amines) is 1. The van der Waals surface area contributed by atoms with E-state index in [2.05, 4.69) is 4.98 Å². The van der Waals surface area contributed by atoms with E-state index in [-0.39, 0.29) is 24.1 Å². The van der Waals surface area contributed by atoms with Gasteiger partial charge in [-0.1, -0.05) is 51.9 Å². The molecule has 2 aliphatic carbocycles. The summed E-state index contributed by atoms with van der Waals surface area (Å²) in [4.78, 5) is 42.7. The van der Waals surface area contributed by atoms with Gasteiger partial charge in [0.25, 0.3) is 5.56 Å². The molecule has 182 valence electrons. The third-order valence-electron chi connectivity index (χ3n) is 8.51. The van der Waals surface area contributed by atoms with Crippen LogP contribution in [-0.2, 0) is 11.3 Å². The summed E-state index contributed by atoms with van der Waals surface area (Å²) in [6.45, 7) is 3.03. The maximum absolute atomic E-state index is 13.4. The number of carbonyl (C=O) groups is 2. The van der Waals surface area contributed by atoms with Gasteiger partial charge in [0.15, 0.2) is 5.69 Å². The van der Waals surface area contributed by atoms with Crippen LogP contribution in [0.1, 0.15) is 88.0 Å². The van der Waals surface area contributed by atoms with E-state index in [1.165, 1.54) is 42.9 Å². The number of carboxylic acids is 1. The molecule has 4 rings (SSSR count). The molecule has 33 heavy (non-hydrogen) atoms. The molecule has 1 aromatic heterocycles. The molecular weight excluding hydrogens is 422 g/mol. The fourth-order valence-electron chi connectivity index (χ4n) is 6.58. The lowest BCUT2D eigenvalue weighted by Gasteiger charge is -2.52. The Morgan fingerprint density at radius 1 is 1.15 bits per heavy atom. The van der Waals surface area contributed by atoms with Crippen LogP contribution < -0.4 is 5.56 Å². The zero-order valence-corrected chi connectivity index (χ0v) is 19.7. The van der Waals surface area contributed by atoms with Crippen molar-refractivity contribution in [2.45, 2.75) is 89.7 Å². The molecule has 2 heterocycles. The average molecular weight is 460 g/mol. The average Bonchev–Trinajstić information content (AvgIpc) is 3.27. The van der Waals surface area contributed by atoms with Gasteiger partial charge in [-0.2, -0.15) is 0 Å². The number of rotatable bonds is 6. The van der Waals surface area contributed by atoms with Gasteiger partial charge in [-0.25, -0.2) is 9.78 Å². The van der Waals surface area contributed by atoms with Crippen LogP contribution in [0.4, 0.5) is 0 Å². The van der Waals surface area contributed by atoms with Crippen molar-refractivity contribution in [2.24, 2.45) is 17.3 Å². The summed E-state index contributed by atoms with van der Waals surface area (Å²) in [5.74, 6) is -0.401. The molecule has 1 aromatic rings. The minimum atomic E-state index is -1.21. The van der Waals surface area contributed by atoms with E-state index in [4.69, 9.17) is 0 Å². The highest BCUT2D eigenvalue weighted by Crippen LogP contribution is 2.51. The Morgan fingerprint density at radius 2 is 1.85 bits per heavy atom. The Balaban J connectivity index is 1.51. The molecule has 1 spiro atoms. The Morgan fingerprint density at radius 3 is 2.52 bits per heavy atom. The van der Waals surface area contributed by atoms with Crippen molar-refractivity contribution in [1.82, 2.24) is 14.5 Å². The van der Waals surface area contributed by atoms with Gasteiger partial charge < -0.3 is 19.7 Å². The van der Waals surface area contributed by atoms with E-state index in [0.717, 1.165) is 38.3 Å². The van der Waals surface area contributed by atoms with E-state index in [9.17, 15) is 24.6 Å². The normalized spacial score (nSPS) is 26.4. The van der Waals surface area contributed by atoms with Crippen molar-refractivity contribution in [2.75, 3.05) is 13.1 Å². The van der Waals surface area contributed by atoms with Crippen molar-refractivity contribution in [3.05, 3.63) is 28.4 Å². The molecule has 3 fully saturated rings. The van der Waals surface area contributed by atoms with Gasteiger partial charge >= 0.3 is 5.97 Å². The fraction of sp³-hybridized carbons (Fsp3) is 0.760. The Kier molecular flexibility index (Phi) is 6.93. The summed E-state index contributed by atoms with van der Waals surface area (Å²) in [6, 6.07) is 0. The van der Waals surface area contributed by atoms with Gasteiger partial charge in [0.05, 0.1) is 18.3 Å². The minimum absolute atomic E-state index is 0.0151. The first-order valence-corrected chi connectivity index (χ1v) is 12.5. The molecule has 0 aromatic carbocycles. The third kappa shape index (κ3) is 4.86. The molecule has 1 aliphatic heterocycles. The molecule has 1 unspecified atom stereocenters. The second-order valence-electron chi connectivity index (χ2n) is 10.7. The lowest BCUT2D eigenvalue weighted by molar-refractivity contribution is -0.163. The van der Waals surface area contributed by atoms with Crippen molar-refractivity contribution in [3.8, 4) is 0 Å². The van der Waals surface area contributed by atoms with Crippen LogP contribution in [0, 0.1) is 17.3 Å². The molecule has 2 N–H and O–H groups in total. The Hall–Kier alpha value is -2.22. The Labute approximate surface area is 195 Å². The number of nitrogens with zero attached hydrogens (tertiary/aromatic N) is 3. The fourth-order valence-corrected chi connectivity index (χ4v) is 6.58. The molecule has 0 bridgehead atoms. The highest BCUT2D eigenvalue weighted by molar-refractivity contribution is 5.84. The van der Waals surface area contributed by atoms with Crippen LogP contribution in [0.5, 0.6) is 0 Å². The maximum atomic E-state index is 13.4. The molecule has 8 nitrogen and oxygen atoms in total. The number of aliphatic hydroxyl groups is 1. The van der Waals surface area contributed by atoms with Crippen LogP contribution in [0.2, 0.25) is 0 Å². The summed E-state index contributed by atoms with van der Waals surface area (Å²) in [7, 11) is 0. The smallest absolute Gasteiger partial charge is 0.356 e. The van der Waals surface area contributed by atoms with Gasteiger partial charge in [0.2, 0.25) is 5.91 Å². The van der Waals surface area contributed by atoms with Gasteiger partial charge in [0.1, 0.15) is 0 Å². The van der Waals surface area contributed by atoms with Gasteiger partial charge in [0, 0.05) is 30.6 Å². The van der Waals surface area contributed by atoms with E-state index >= 15 is 0 Å². The zero-order chi connectivity index (χ0) is 23.6. The summed E-state index contributed by atoms with van der Waals surface area (Å²) in [5.41, 5.74) is -2.30. The first-order valence-electron chi connectivity index (χ1n) is 12.5. The number of carboxylic acid groups (broad SMARTS) is 1. The third-order valence-corrected chi connectivity index (χ3v) is 8.51. The summed E-state index contributed by atoms with van der Waals surface area (Å²) >= 11 is 0. The first kappa shape index (κ1) is 23.9. The summed E-state index contributed by atoms with van der Waals surface area (Å²) in [6.07, 6.45) is 13.4. The lowest BCUT2D eigenvalue weighted by Crippen LogP contribution is -2.62. The highest BCUT2D eigenvalue weighted by atomic mass is 16.4. The predicted octanol–water partition coefficient (Wildman–Crippen LogP) is 3.07. The number of carbonyl (C=O) groups excluding carboxylic acids is 1. The van der Waals surface area contributed by atoms with E-state index in [1.807, 2.05) is 11.8 Å². The topological polar surface area (TPSA) is 113 Å². The largest absolute Gasteiger partial charge is 0.476 e. The molecular formula is C25H37N3O5. The molecule has 2 atom stereocenters. The molecule has 3 aliphatic rings.